The minimum absolute atomic E-state index is 0.0617. The van der Waals surface area contributed by atoms with Crippen molar-refractivity contribution in [1.82, 2.24) is 10.6 Å². The molecule has 2 amide bonds. The van der Waals surface area contributed by atoms with Crippen LogP contribution in [0.25, 0.3) is 11.0 Å². The number of furan rings is 1. The maximum atomic E-state index is 12.4. The van der Waals surface area contributed by atoms with Gasteiger partial charge in [0.2, 0.25) is 5.91 Å². The highest BCUT2D eigenvalue weighted by Gasteiger charge is 2.26. The number of carbonyl (C=O) groups excluding carboxylic acids is 2. The Balaban J connectivity index is 1.70. The highest BCUT2D eigenvalue weighted by molar-refractivity contribution is 5.99. The molecule has 1 aromatic heterocycles. The quantitative estimate of drug-likeness (QED) is 0.737. The van der Waals surface area contributed by atoms with Crippen molar-refractivity contribution in [3.05, 3.63) is 30.0 Å². The summed E-state index contributed by atoms with van der Waals surface area (Å²) >= 11 is 0. The zero-order valence-corrected chi connectivity index (χ0v) is 14.1. The number of aliphatic hydroxyl groups is 1. The van der Waals surface area contributed by atoms with Crippen molar-refractivity contribution in [3.8, 4) is 5.75 Å². The van der Waals surface area contributed by atoms with Crippen molar-refractivity contribution in [2.75, 3.05) is 13.7 Å². The lowest BCUT2D eigenvalue weighted by atomic mass is 10.2. The summed E-state index contributed by atoms with van der Waals surface area (Å²) < 4.78 is 10.8. The van der Waals surface area contributed by atoms with Crippen LogP contribution in [-0.2, 0) is 4.79 Å². The van der Waals surface area contributed by atoms with Crippen LogP contribution in [0.5, 0.6) is 5.75 Å². The highest BCUT2D eigenvalue weighted by Crippen LogP contribution is 2.28. The van der Waals surface area contributed by atoms with Gasteiger partial charge in [-0.3, -0.25) is 9.59 Å². The van der Waals surface area contributed by atoms with Crippen LogP contribution in [0.1, 0.15) is 36.2 Å². The molecule has 1 aliphatic carbocycles. The zero-order valence-electron chi connectivity index (χ0n) is 14.1. The molecule has 2 aromatic rings. The Morgan fingerprint density at radius 2 is 2.12 bits per heavy atom. The minimum Gasteiger partial charge on any atom is -0.493 e. The molecule has 0 aliphatic heterocycles. The molecule has 134 valence electrons. The number of benzene rings is 1. The summed E-state index contributed by atoms with van der Waals surface area (Å²) in [5.41, 5.74) is 0.464. The van der Waals surface area contributed by atoms with Crippen molar-refractivity contribution in [3.63, 3.8) is 0 Å². The molecular formula is C18H22N2O5. The molecule has 0 unspecified atom stereocenters. The lowest BCUT2D eigenvalue weighted by Gasteiger charge is -2.18. The molecular weight excluding hydrogens is 324 g/mol. The molecule has 1 atom stereocenters. The predicted molar refractivity (Wildman–Crippen MR) is 91.5 cm³/mol. The second-order valence-electron chi connectivity index (χ2n) is 6.19. The number of rotatable bonds is 6. The SMILES string of the molecule is COc1cccc2cc(C(=O)N[C@@H](CO)C(=O)NC3CCCC3)oc12. The van der Waals surface area contributed by atoms with Crippen LogP contribution in [0.3, 0.4) is 0 Å². The van der Waals surface area contributed by atoms with Gasteiger partial charge in [0, 0.05) is 11.4 Å². The molecule has 0 bridgehead atoms. The topological polar surface area (TPSA) is 101 Å². The molecule has 1 aromatic carbocycles. The van der Waals surface area contributed by atoms with Gasteiger partial charge in [-0.05, 0) is 25.0 Å². The first-order valence-corrected chi connectivity index (χ1v) is 8.41. The van der Waals surface area contributed by atoms with Gasteiger partial charge in [-0.1, -0.05) is 25.0 Å². The summed E-state index contributed by atoms with van der Waals surface area (Å²) in [6, 6.07) is 6.02. The lowest BCUT2D eigenvalue weighted by Crippen LogP contribution is -2.51. The van der Waals surface area contributed by atoms with E-state index in [0.717, 1.165) is 31.1 Å². The molecule has 25 heavy (non-hydrogen) atoms. The van der Waals surface area contributed by atoms with Gasteiger partial charge < -0.3 is 24.9 Å². The number of aliphatic hydroxyl groups excluding tert-OH is 1. The number of methoxy groups -OCH3 is 1. The molecule has 0 spiro atoms. The van der Waals surface area contributed by atoms with E-state index in [1.807, 2.05) is 0 Å². The maximum absolute atomic E-state index is 12.4. The summed E-state index contributed by atoms with van der Waals surface area (Å²) in [5.74, 6) is -0.351. The first-order valence-electron chi connectivity index (χ1n) is 8.41. The second kappa shape index (κ2) is 7.57. The minimum atomic E-state index is -1.01. The average molecular weight is 346 g/mol. The van der Waals surface area contributed by atoms with E-state index in [-0.39, 0.29) is 17.7 Å². The number of amides is 2. The van der Waals surface area contributed by atoms with Crippen LogP contribution < -0.4 is 15.4 Å². The van der Waals surface area contributed by atoms with Crippen LogP contribution in [0.15, 0.2) is 28.7 Å². The third kappa shape index (κ3) is 3.76. The van der Waals surface area contributed by atoms with E-state index >= 15 is 0 Å². The average Bonchev–Trinajstić information content (AvgIpc) is 3.28. The van der Waals surface area contributed by atoms with Crippen molar-refractivity contribution in [1.29, 1.82) is 0 Å². The van der Waals surface area contributed by atoms with Gasteiger partial charge in [0.1, 0.15) is 6.04 Å². The molecule has 1 saturated carbocycles. The Morgan fingerprint density at radius 1 is 1.36 bits per heavy atom. The largest absolute Gasteiger partial charge is 0.493 e. The van der Waals surface area contributed by atoms with Gasteiger partial charge in [-0.15, -0.1) is 0 Å². The van der Waals surface area contributed by atoms with Gasteiger partial charge in [0.25, 0.3) is 5.91 Å². The van der Waals surface area contributed by atoms with Gasteiger partial charge in [-0.2, -0.15) is 0 Å². The number of hydrogen-bond acceptors (Lipinski definition) is 5. The van der Waals surface area contributed by atoms with E-state index in [0.29, 0.717) is 11.3 Å². The lowest BCUT2D eigenvalue weighted by molar-refractivity contribution is -0.124. The molecule has 1 heterocycles. The molecule has 1 fully saturated rings. The fourth-order valence-electron chi connectivity index (χ4n) is 3.10. The molecule has 7 nitrogen and oxygen atoms in total. The van der Waals surface area contributed by atoms with E-state index < -0.39 is 18.6 Å². The smallest absolute Gasteiger partial charge is 0.287 e. The Hall–Kier alpha value is -2.54. The van der Waals surface area contributed by atoms with Crippen molar-refractivity contribution in [2.45, 2.75) is 37.8 Å². The summed E-state index contributed by atoms with van der Waals surface area (Å²) in [6.07, 6.45) is 4.03. The van der Waals surface area contributed by atoms with Crippen LogP contribution in [0.2, 0.25) is 0 Å². The summed E-state index contributed by atoms with van der Waals surface area (Å²) in [4.78, 5) is 24.6. The Labute approximate surface area is 145 Å². The summed E-state index contributed by atoms with van der Waals surface area (Å²) in [5, 5.41) is 15.6. The molecule has 3 N–H and O–H groups in total. The monoisotopic (exact) mass is 346 g/mol. The van der Waals surface area contributed by atoms with E-state index in [4.69, 9.17) is 9.15 Å². The third-order valence-corrected chi connectivity index (χ3v) is 4.46. The first kappa shape index (κ1) is 17.3. The van der Waals surface area contributed by atoms with Crippen LogP contribution in [0, 0.1) is 0 Å². The standard InChI is InChI=1S/C18H22N2O5/c1-24-14-8-4-5-11-9-15(25-16(11)14)18(23)20-13(10-21)17(22)19-12-6-2-3-7-12/h4-5,8-9,12-13,21H,2-3,6-7,10H2,1H3,(H,19,22)(H,20,23)/t13-/m0/s1. The molecule has 3 rings (SSSR count). The van der Waals surface area contributed by atoms with Gasteiger partial charge >= 0.3 is 0 Å². The van der Waals surface area contributed by atoms with Crippen molar-refractivity contribution in [2.24, 2.45) is 0 Å². The summed E-state index contributed by atoms with van der Waals surface area (Å²) in [6.45, 7) is -0.478. The number of carbonyl (C=O) groups is 2. The second-order valence-corrected chi connectivity index (χ2v) is 6.19. The molecule has 0 saturated heterocycles. The number of fused-ring (bicyclic) bond motifs is 1. The van der Waals surface area contributed by atoms with E-state index in [1.54, 1.807) is 24.3 Å². The summed E-state index contributed by atoms with van der Waals surface area (Å²) in [7, 11) is 1.52. The van der Waals surface area contributed by atoms with E-state index in [1.165, 1.54) is 7.11 Å². The zero-order chi connectivity index (χ0) is 17.8. The van der Waals surface area contributed by atoms with Crippen molar-refractivity contribution < 1.29 is 23.8 Å². The Kier molecular flexibility index (Phi) is 5.23. The van der Waals surface area contributed by atoms with E-state index in [2.05, 4.69) is 10.6 Å². The third-order valence-electron chi connectivity index (χ3n) is 4.46. The Morgan fingerprint density at radius 3 is 2.80 bits per heavy atom. The van der Waals surface area contributed by atoms with Gasteiger partial charge in [-0.25, -0.2) is 0 Å². The van der Waals surface area contributed by atoms with Crippen molar-refractivity contribution >= 4 is 22.8 Å². The van der Waals surface area contributed by atoms with Gasteiger partial charge in [0.15, 0.2) is 17.1 Å². The van der Waals surface area contributed by atoms with Crippen LogP contribution >= 0.6 is 0 Å². The fourth-order valence-corrected chi connectivity index (χ4v) is 3.10. The number of hydrogen-bond donors (Lipinski definition) is 3. The normalized spacial score (nSPS) is 15.9. The molecule has 7 heteroatoms. The van der Waals surface area contributed by atoms with Crippen LogP contribution in [-0.4, -0.2) is 42.7 Å². The Bertz CT molecular complexity index is 764. The van der Waals surface area contributed by atoms with Crippen LogP contribution in [0.4, 0.5) is 0 Å². The highest BCUT2D eigenvalue weighted by atomic mass is 16.5. The maximum Gasteiger partial charge on any atom is 0.287 e. The molecule has 1 aliphatic rings. The first-order chi connectivity index (χ1) is 12.1. The number of ether oxygens (including phenoxy) is 1. The number of para-hydroxylation sites is 1. The van der Waals surface area contributed by atoms with E-state index in [9.17, 15) is 14.7 Å². The fraction of sp³-hybridized carbons (Fsp3) is 0.444. The molecule has 0 radical (unpaired) electrons. The predicted octanol–water partition coefficient (Wildman–Crippen LogP) is 1.59. The van der Waals surface area contributed by atoms with Gasteiger partial charge in [0.05, 0.1) is 13.7 Å². The number of nitrogens with one attached hydrogen (secondary N) is 2.